The molecule has 0 saturated heterocycles. The molecule has 0 saturated carbocycles. The standard InChI is InChI=1S/C23H21ClN4O2/c1-16-10-19(15-29-2)22(12-25)23(27-16)28-26-13-18-4-3-5-21(11-18)30-14-17-6-8-20(24)9-7-17/h3-11,13H,14-15H2,1-2H3,(H,27,28)/b26-13-. The van der Waals surface area contributed by atoms with Crippen molar-refractivity contribution in [1.29, 1.82) is 5.26 Å². The Morgan fingerprint density at radius 3 is 2.70 bits per heavy atom. The number of aryl methyl sites for hydroxylation is 1. The fraction of sp³-hybridized carbons (Fsp3) is 0.174. The first kappa shape index (κ1) is 21.3. The molecule has 0 amide bonds. The van der Waals surface area contributed by atoms with Gasteiger partial charge < -0.3 is 9.47 Å². The van der Waals surface area contributed by atoms with Crippen LogP contribution in [0.5, 0.6) is 5.75 Å². The third-order valence-corrected chi connectivity index (χ3v) is 4.45. The molecule has 0 aliphatic carbocycles. The van der Waals surface area contributed by atoms with E-state index < -0.39 is 0 Å². The van der Waals surface area contributed by atoms with Crippen molar-refractivity contribution in [3.8, 4) is 11.8 Å². The van der Waals surface area contributed by atoms with E-state index in [-0.39, 0.29) is 0 Å². The zero-order chi connectivity index (χ0) is 21.3. The second kappa shape index (κ2) is 10.4. The Morgan fingerprint density at radius 2 is 1.97 bits per heavy atom. The van der Waals surface area contributed by atoms with Crippen LogP contribution in [0.15, 0.2) is 59.7 Å². The Hall–Kier alpha value is -3.40. The number of nitrogens with one attached hydrogen (secondary N) is 1. The topological polar surface area (TPSA) is 79.5 Å². The van der Waals surface area contributed by atoms with Crippen molar-refractivity contribution in [2.24, 2.45) is 5.10 Å². The SMILES string of the molecule is COCc1cc(C)nc(N/N=C\c2cccc(OCc3ccc(Cl)cc3)c2)c1C#N. The van der Waals surface area contributed by atoms with Crippen LogP contribution >= 0.6 is 11.6 Å². The van der Waals surface area contributed by atoms with Crippen LogP contribution in [0.4, 0.5) is 5.82 Å². The maximum absolute atomic E-state index is 9.48. The fourth-order valence-electron chi connectivity index (χ4n) is 2.82. The second-order valence-electron chi connectivity index (χ2n) is 6.55. The number of hydrazone groups is 1. The first-order valence-electron chi connectivity index (χ1n) is 9.25. The van der Waals surface area contributed by atoms with Crippen LogP contribution in [0, 0.1) is 18.3 Å². The summed E-state index contributed by atoms with van der Waals surface area (Å²) in [6, 6.07) is 19.1. The molecule has 0 radical (unpaired) electrons. The highest BCUT2D eigenvalue weighted by Crippen LogP contribution is 2.20. The zero-order valence-electron chi connectivity index (χ0n) is 16.7. The van der Waals surface area contributed by atoms with Gasteiger partial charge in [0.15, 0.2) is 5.82 Å². The van der Waals surface area contributed by atoms with E-state index in [0.29, 0.717) is 29.6 Å². The Labute approximate surface area is 180 Å². The lowest BCUT2D eigenvalue weighted by Crippen LogP contribution is -2.03. The Bertz CT molecular complexity index is 1080. The molecule has 0 fully saturated rings. The summed E-state index contributed by atoms with van der Waals surface area (Å²) < 4.78 is 11.0. The highest BCUT2D eigenvalue weighted by Gasteiger charge is 2.10. The molecule has 0 atom stereocenters. The molecule has 0 aliphatic rings. The van der Waals surface area contributed by atoms with Gasteiger partial charge in [-0.3, -0.25) is 5.43 Å². The van der Waals surface area contributed by atoms with Crippen LogP contribution < -0.4 is 10.2 Å². The van der Waals surface area contributed by atoms with Crippen molar-refractivity contribution in [2.75, 3.05) is 12.5 Å². The quantitative estimate of drug-likeness (QED) is 0.405. The third kappa shape index (κ3) is 5.80. The Morgan fingerprint density at radius 1 is 1.17 bits per heavy atom. The van der Waals surface area contributed by atoms with E-state index in [1.54, 1.807) is 13.3 Å². The van der Waals surface area contributed by atoms with E-state index >= 15 is 0 Å². The van der Waals surface area contributed by atoms with Crippen molar-refractivity contribution >= 4 is 23.6 Å². The summed E-state index contributed by atoms with van der Waals surface area (Å²) in [5.74, 6) is 1.12. The number of anilines is 1. The first-order valence-corrected chi connectivity index (χ1v) is 9.63. The van der Waals surface area contributed by atoms with Gasteiger partial charge in [-0.2, -0.15) is 10.4 Å². The number of nitrogens with zero attached hydrogens (tertiary/aromatic N) is 3. The molecule has 0 aliphatic heterocycles. The number of hydrogen-bond acceptors (Lipinski definition) is 6. The molecule has 3 rings (SSSR count). The number of pyridine rings is 1. The number of hydrogen-bond donors (Lipinski definition) is 1. The van der Waals surface area contributed by atoms with E-state index in [2.05, 4.69) is 21.6 Å². The van der Waals surface area contributed by atoms with Crippen molar-refractivity contribution < 1.29 is 9.47 Å². The van der Waals surface area contributed by atoms with E-state index in [1.807, 2.05) is 61.5 Å². The Balaban J connectivity index is 1.68. The molecule has 152 valence electrons. The molecule has 0 bridgehead atoms. The molecule has 1 aromatic heterocycles. The number of benzene rings is 2. The predicted octanol–water partition coefficient (Wildman–Crippen LogP) is 5.09. The van der Waals surface area contributed by atoms with Gasteiger partial charge in [-0.25, -0.2) is 4.98 Å². The molecule has 0 spiro atoms. The second-order valence-corrected chi connectivity index (χ2v) is 6.99. The summed E-state index contributed by atoms with van der Waals surface area (Å²) in [7, 11) is 1.59. The molecule has 3 aromatic rings. The van der Waals surface area contributed by atoms with Gasteiger partial charge in [0.2, 0.25) is 0 Å². The maximum Gasteiger partial charge on any atom is 0.164 e. The normalized spacial score (nSPS) is 10.7. The molecule has 30 heavy (non-hydrogen) atoms. The fourth-order valence-corrected chi connectivity index (χ4v) is 2.94. The first-order chi connectivity index (χ1) is 14.6. The van der Waals surface area contributed by atoms with Crippen molar-refractivity contribution in [2.45, 2.75) is 20.1 Å². The monoisotopic (exact) mass is 420 g/mol. The molecule has 6 nitrogen and oxygen atoms in total. The smallest absolute Gasteiger partial charge is 0.164 e. The van der Waals surface area contributed by atoms with Gasteiger partial charge in [0.1, 0.15) is 24.0 Å². The van der Waals surface area contributed by atoms with E-state index in [4.69, 9.17) is 21.1 Å². The number of halogens is 1. The highest BCUT2D eigenvalue weighted by molar-refractivity contribution is 6.30. The van der Waals surface area contributed by atoms with Gasteiger partial charge in [-0.05, 0) is 48.4 Å². The highest BCUT2D eigenvalue weighted by atomic mass is 35.5. The van der Waals surface area contributed by atoms with Gasteiger partial charge >= 0.3 is 0 Å². The van der Waals surface area contributed by atoms with Crippen LogP contribution in [0.25, 0.3) is 0 Å². The van der Waals surface area contributed by atoms with Crippen LogP contribution in [0.1, 0.15) is 27.9 Å². The average Bonchev–Trinajstić information content (AvgIpc) is 2.74. The molecule has 7 heteroatoms. The molecular formula is C23H21ClN4O2. The maximum atomic E-state index is 9.48. The summed E-state index contributed by atoms with van der Waals surface area (Å²) >= 11 is 5.90. The minimum atomic E-state index is 0.331. The lowest BCUT2D eigenvalue weighted by Gasteiger charge is -2.09. The lowest BCUT2D eigenvalue weighted by molar-refractivity contribution is 0.184. The average molecular weight is 421 g/mol. The van der Waals surface area contributed by atoms with Crippen molar-refractivity contribution in [1.82, 2.24) is 4.98 Å². The van der Waals surface area contributed by atoms with Gasteiger partial charge in [0, 0.05) is 23.4 Å². The van der Waals surface area contributed by atoms with E-state index in [1.165, 1.54) is 0 Å². The third-order valence-electron chi connectivity index (χ3n) is 4.20. The van der Waals surface area contributed by atoms with Gasteiger partial charge in [0.05, 0.1) is 12.8 Å². The number of methoxy groups -OCH3 is 1. The van der Waals surface area contributed by atoms with Crippen molar-refractivity contribution in [3.05, 3.63) is 87.6 Å². The summed E-state index contributed by atoms with van der Waals surface area (Å²) in [5.41, 5.74) is 6.69. The minimum absolute atomic E-state index is 0.331. The summed E-state index contributed by atoms with van der Waals surface area (Å²) in [6.45, 7) is 2.63. The van der Waals surface area contributed by atoms with E-state index in [9.17, 15) is 5.26 Å². The largest absolute Gasteiger partial charge is 0.489 e. The number of rotatable bonds is 8. The lowest BCUT2D eigenvalue weighted by atomic mass is 10.1. The predicted molar refractivity (Wildman–Crippen MR) is 118 cm³/mol. The van der Waals surface area contributed by atoms with E-state index in [0.717, 1.165) is 28.1 Å². The van der Waals surface area contributed by atoms with Crippen LogP contribution in [-0.4, -0.2) is 18.3 Å². The van der Waals surface area contributed by atoms with Crippen LogP contribution in [0.3, 0.4) is 0 Å². The van der Waals surface area contributed by atoms with Gasteiger partial charge in [0.25, 0.3) is 0 Å². The summed E-state index contributed by atoms with van der Waals surface area (Å²) in [4.78, 5) is 4.37. The molecule has 0 unspecified atom stereocenters. The van der Waals surface area contributed by atoms with Crippen LogP contribution in [0.2, 0.25) is 5.02 Å². The molecule has 1 N–H and O–H groups in total. The van der Waals surface area contributed by atoms with Crippen molar-refractivity contribution in [3.63, 3.8) is 0 Å². The van der Waals surface area contributed by atoms with Gasteiger partial charge in [-0.1, -0.05) is 35.9 Å². The number of nitriles is 1. The molecular weight excluding hydrogens is 400 g/mol. The van der Waals surface area contributed by atoms with Crippen LogP contribution in [-0.2, 0) is 18.0 Å². The Kier molecular flexibility index (Phi) is 7.39. The molecule has 1 heterocycles. The number of aromatic nitrogens is 1. The minimum Gasteiger partial charge on any atom is -0.489 e. The van der Waals surface area contributed by atoms with Gasteiger partial charge in [-0.15, -0.1) is 0 Å². The molecule has 2 aromatic carbocycles. The summed E-state index contributed by atoms with van der Waals surface area (Å²) in [6.07, 6.45) is 1.65. The zero-order valence-corrected chi connectivity index (χ0v) is 17.5. The number of ether oxygens (including phenoxy) is 2. The summed E-state index contributed by atoms with van der Waals surface area (Å²) in [5, 5.41) is 14.4.